The number of methoxy groups -OCH3 is 2. The van der Waals surface area contributed by atoms with Gasteiger partial charge in [-0.05, 0) is 43.7 Å². The number of amides is 1. The van der Waals surface area contributed by atoms with Crippen LogP contribution < -0.4 is 19.5 Å². The first kappa shape index (κ1) is 22.1. The molecule has 1 N–H and O–H groups in total. The zero-order valence-electron chi connectivity index (χ0n) is 17.2. The van der Waals surface area contributed by atoms with E-state index < -0.39 is 12.1 Å². The van der Waals surface area contributed by atoms with Gasteiger partial charge in [0.2, 0.25) is 0 Å². The van der Waals surface area contributed by atoms with Gasteiger partial charge in [0, 0.05) is 6.54 Å². The number of carbonyl (C=O) groups is 2. The maximum Gasteiger partial charge on any atom is 0.310 e. The van der Waals surface area contributed by atoms with E-state index in [0.29, 0.717) is 17.2 Å². The molecule has 7 nitrogen and oxygen atoms in total. The van der Waals surface area contributed by atoms with Crippen LogP contribution in [0.3, 0.4) is 0 Å². The minimum Gasteiger partial charge on any atom is -0.493 e. The standard InChI is InChI=1S/C22H27NO6/c1-15-5-8-18(9-6-15)28-12-11-21(24)29-16(2)22(25)23-14-17-7-10-19(26-3)20(13-17)27-4/h5-10,13,16H,11-12,14H2,1-4H3,(H,23,25)/t16-/m0/s1. The second-order valence-electron chi connectivity index (χ2n) is 6.45. The summed E-state index contributed by atoms with van der Waals surface area (Å²) in [6.45, 7) is 3.97. The van der Waals surface area contributed by atoms with Crippen molar-refractivity contribution in [3.8, 4) is 17.2 Å². The molecule has 0 aromatic heterocycles. The van der Waals surface area contributed by atoms with Crippen LogP contribution in [-0.4, -0.2) is 38.8 Å². The summed E-state index contributed by atoms with van der Waals surface area (Å²) in [5.74, 6) is 0.993. The lowest BCUT2D eigenvalue weighted by molar-refractivity contribution is -0.155. The number of hydrogen-bond donors (Lipinski definition) is 1. The second kappa shape index (κ2) is 10.9. The highest BCUT2D eigenvalue weighted by Crippen LogP contribution is 2.27. The van der Waals surface area contributed by atoms with Crippen LogP contribution >= 0.6 is 0 Å². The molecule has 7 heteroatoms. The topological polar surface area (TPSA) is 83.1 Å². The minimum absolute atomic E-state index is 0.0567. The van der Waals surface area contributed by atoms with Crippen molar-refractivity contribution in [3.05, 3.63) is 53.6 Å². The molecule has 0 aliphatic carbocycles. The largest absolute Gasteiger partial charge is 0.493 e. The number of hydrogen-bond acceptors (Lipinski definition) is 6. The molecular weight excluding hydrogens is 374 g/mol. The van der Waals surface area contributed by atoms with Crippen LogP contribution in [0.4, 0.5) is 0 Å². The Balaban J connectivity index is 1.73. The molecule has 0 saturated carbocycles. The van der Waals surface area contributed by atoms with Gasteiger partial charge >= 0.3 is 5.97 Å². The van der Waals surface area contributed by atoms with Crippen LogP contribution in [0, 0.1) is 6.92 Å². The van der Waals surface area contributed by atoms with Crippen molar-refractivity contribution in [1.82, 2.24) is 5.32 Å². The highest BCUT2D eigenvalue weighted by atomic mass is 16.6. The number of rotatable bonds is 10. The number of nitrogens with one attached hydrogen (secondary N) is 1. The van der Waals surface area contributed by atoms with Crippen molar-refractivity contribution in [1.29, 1.82) is 0 Å². The van der Waals surface area contributed by atoms with E-state index in [1.807, 2.05) is 37.3 Å². The monoisotopic (exact) mass is 401 g/mol. The van der Waals surface area contributed by atoms with Crippen molar-refractivity contribution in [3.63, 3.8) is 0 Å². The van der Waals surface area contributed by atoms with Crippen LogP contribution in [0.15, 0.2) is 42.5 Å². The summed E-state index contributed by atoms with van der Waals surface area (Å²) in [5.41, 5.74) is 1.96. The van der Waals surface area contributed by atoms with Crippen molar-refractivity contribution >= 4 is 11.9 Å². The molecule has 0 bridgehead atoms. The maximum absolute atomic E-state index is 12.2. The lowest BCUT2D eigenvalue weighted by atomic mass is 10.2. The molecule has 0 unspecified atom stereocenters. The SMILES string of the molecule is COc1ccc(CNC(=O)[C@H](C)OC(=O)CCOc2ccc(C)cc2)cc1OC. The van der Waals surface area contributed by atoms with Crippen LogP contribution in [0.5, 0.6) is 17.2 Å². The van der Waals surface area contributed by atoms with Crippen molar-refractivity contribution < 1.29 is 28.5 Å². The summed E-state index contributed by atoms with van der Waals surface area (Å²) >= 11 is 0. The molecular formula is C22H27NO6. The van der Waals surface area contributed by atoms with E-state index in [2.05, 4.69) is 5.32 Å². The predicted molar refractivity (Wildman–Crippen MR) is 108 cm³/mol. The fourth-order valence-electron chi connectivity index (χ4n) is 2.52. The van der Waals surface area contributed by atoms with Gasteiger partial charge in [-0.25, -0.2) is 0 Å². The van der Waals surface area contributed by atoms with E-state index in [1.54, 1.807) is 26.4 Å². The molecule has 2 aromatic carbocycles. The van der Waals surface area contributed by atoms with E-state index in [0.717, 1.165) is 11.1 Å². The first-order valence-corrected chi connectivity index (χ1v) is 9.30. The third-order valence-corrected chi connectivity index (χ3v) is 4.19. The Bertz CT molecular complexity index is 819. The molecule has 0 saturated heterocycles. The lowest BCUT2D eigenvalue weighted by Crippen LogP contribution is -2.35. The van der Waals surface area contributed by atoms with Gasteiger partial charge in [0.25, 0.3) is 5.91 Å². The van der Waals surface area contributed by atoms with E-state index >= 15 is 0 Å². The number of carbonyl (C=O) groups excluding carboxylic acids is 2. The Kier molecular flexibility index (Phi) is 8.33. The number of ether oxygens (including phenoxy) is 4. The fraction of sp³-hybridized carbons (Fsp3) is 0.364. The van der Waals surface area contributed by atoms with E-state index in [1.165, 1.54) is 6.92 Å². The molecule has 156 valence electrons. The van der Waals surface area contributed by atoms with Gasteiger partial charge in [-0.15, -0.1) is 0 Å². The van der Waals surface area contributed by atoms with E-state index in [4.69, 9.17) is 18.9 Å². The van der Waals surface area contributed by atoms with Gasteiger partial charge < -0.3 is 24.3 Å². The Labute approximate surface area is 170 Å². The van der Waals surface area contributed by atoms with E-state index in [-0.39, 0.29) is 25.5 Å². The molecule has 0 spiro atoms. The summed E-state index contributed by atoms with van der Waals surface area (Å²) < 4.78 is 21.1. The first-order valence-electron chi connectivity index (χ1n) is 9.30. The summed E-state index contributed by atoms with van der Waals surface area (Å²) in [6, 6.07) is 12.9. The Morgan fingerprint density at radius 1 is 1.00 bits per heavy atom. The van der Waals surface area contributed by atoms with Gasteiger partial charge in [-0.1, -0.05) is 23.8 Å². The van der Waals surface area contributed by atoms with Crippen molar-refractivity contribution in [2.24, 2.45) is 0 Å². The van der Waals surface area contributed by atoms with Crippen LogP contribution in [0.2, 0.25) is 0 Å². The normalized spacial score (nSPS) is 11.3. The Morgan fingerprint density at radius 2 is 1.69 bits per heavy atom. The third-order valence-electron chi connectivity index (χ3n) is 4.19. The minimum atomic E-state index is -0.901. The maximum atomic E-state index is 12.2. The zero-order valence-corrected chi connectivity index (χ0v) is 17.2. The fourth-order valence-corrected chi connectivity index (χ4v) is 2.52. The zero-order chi connectivity index (χ0) is 21.2. The van der Waals surface area contributed by atoms with Crippen molar-refractivity contribution in [2.45, 2.75) is 32.9 Å². The lowest BCUT2D eigenvalue weighted by Gasteiger charge is -2.14. The summed E-state index contributed by atoms with van der Waals surface area (Å²) in [6.07, 6.45) is -0.844. The molecule has 29 heavy (non-hydrogen) atoms. The molecule has 0 aliphatic heterocycles. The van der Waals surface area contributed by atoms with Gasteiger partial charge in [-0.3, -0.25) is 9.59 Å². The second-order valence-corrected chi connectivity index (χ2v) is 6.45. The Morgan fingerprint density at radius 3 is 2.34 bits per heavy atom. The van der Waals surface area contributed by atoms with Gasteiger partial charge in [0.05, 0.1) is 27.2 Å². The molecule has 2 rings (SSSR count). The first-order chi connectivity index (χ1) is 13.9. The number of aryl methyl sites for hydroxylation is 1. The average Bonchev–Trinajstić information content (AvgIpc) is 2.73. The third kappa shape index (κ3) is 7.03. The summed E-state index contributed by atoms with van der Waals surface area (Å²) in [4.78, 5) is 24.1. The van der Waals surface area contributed by atoms with Gasteiger partial charge in [0.15, 0.2) is 17.6 Å². The smallest absolute Gasteiger partial charge is 0.310 e. The molecule has 2 aromatic rings. The van der Waals surface area contributed by atoms with Gasteiger partial charge in [0.1, 0.15) is 5.75 Å². The molecule has 1 atom stereocenters. The molecule has 1 amide bonds. The molecule has 0 fully saturated rings. The van der Waals surface area contributed by atoms with Gasteiger partial charge in [-0.2, -0.15) is 0 Å². The van der Waals surface area contributed by atoms with Crippen LogP contribution in [0.25, 0.3) is 0 Å². The van der Waals surface area contributed by atoms with Crippen LogP contribution in [0.1, 0.15) is 24.5 Å². The summed E-state index contributed by atoms with van der Waals surface area (Å²) in [7, 11) is 3.10. The summed E-state index contributed by atoms with van der Waals surface area (Å²) in [5, 5.41) is 2.74. The average molecular weight is 401 g/mol. The molecule has 0 radical (unpaired) electrons. The van der Waals surface area contributed by atoms with E-state index in [9.17, 15) is 9.59 Å². The Hall–Kier alpha value is -3.22. The predicted octanol–water partition coefficient (Wildman–Crippen LogP) is 3.03. The highest BCUT2D eigenvalue weighted by molar-refractivity contribution is 5.83. The number of benzene rings is 2. The van der Waals surface area contributed by atoms with Crippen molar-refractivity contribution in [2.75, 3.05) is 20.8 Å². The molecule has 0 aliphatic rings. The molecule has 0 heterocycles. The quantitative estimate of drug-likeness (QED) is 0.616. The van der Waals surface area contributed by atoms with Crippen LogP contribution in [-0.2, 0) is 20.9 Å². The highest BCUT2D eigenvalue weighted by Gasteiger charge is 2.17. The number of esters is 1.